The summed E-state index contributed by atoms with van der Waals surface area (Å²) < 4.78 is 12.7. The molecule has 0 bridgehead atoms. The summed E-state index contributed by atoms with van der Waals surface area (Å²) in [6.45, 7) is 8.74. The maximum absolute atomic E-state index is 13.7. The summed E-state index contributed by atoms with van der Waals surface area (Å²) in [5.41, 5.74) is 5.22. The molecular formula is C30H37N5O4. The predicted molar refractivity (Wildman–Crippen MR) is 151 cm³/mol. The van der Waals surface area contributed by atoms with Gasteiger partial charge in [-0.1, -0.05) is 31.2 Å². The number of carbonyl (C=O) groups is 2. The van der Waals surface area contributed by atoms with Gasteiger partial charge in [0.2, 0.25) is 12.7 Å². The number of fused-ring (bicyclic) bond motifs is 2. The highest BCUT2D eigenvalue weighted by atomic mass is 16.7. The van der Waals surface area contributed by atoms with Crippen molar-refractivity contribution in [2.75, 3.05) is 19.9 Å². The molecule has 206 valence electrons. The van der Waals surface area contributed by atoms with E-state index in [-0.39, 0.29) is 25.2 Å². The van der Waals surface area contributed by atoms with E-state index in [1.165, 1.54) is 4.90 Å². The molecule has 9 nitrogen and oxygen atoms in total. The molecule has 1 aliphatic heterocycles. The Hall–Kier alpha value is -4.27. The molecule has 0 saturated carbocycles. The summed E-state index contributed by atoms with van der Waals surface area (Å²) in [5.74, 6) is 1.04. The van der Waals surface area contributed by atoms with Gasteiger partial charge in [0.05, 0.1) is 17.4 Å². The second-order valence-electron chi connectivity index (χ2n) is 9.63. The number of rotatable bonds is 11. The minimum Gasteiger partial charge on any atom is -0.454 e. The first-order valence-corrected chi connectivity index (χ1v) is 13.2. The van der Waals surface area contributed by atoms with Crippen LogP contribution in [0, 0.1) is 0 Å². The van der Waals surface area contributed by atoms with Crippen molar-refractivity contribution >= 4 is 22.7 Å². The van der Waals surface area contributed by atoms with Gasteiger partial charge in [0, 0.05) is 31.2 Å². The van der Waals surface area contributed by atoms with Crippen LogP contribution in [-0.2, 0) is 29.6 Å². The molecule has 2 heterocycles. The number of aromatic nitrogens is 2. The van der Waals surface area contributed by atoms with Crippen LogP contribution in [0.4, 0.5) is 0 Å². The fourth-order valence-corrected chi connectivity index (χ4v) is 4.36. The van der Waals surface area contributed by atoms with E-state index < -0.39 is 0 Å². The fraction of sp³-hybridized carbons (Fsp3) is 0.367. The molecule has 2 amide bonds. The highest BCUT2D eigenvalue weighted by molar-refractivity contribution is 5.97. The van der Waals surface area contributed by atoms with Gasteiger partial charge in [0.1, 0.15) is 6.54 Å². The van der Waals surface area contributed by atoms with Crippen LogP contribution in [0.25, 0.3) is 10.9 Å². The second kappa shape index (κ2) is 12.5. The maximum atomic E-state index is 13.7. The Morgan fingerprint density at radius 3 is 2.62 bits per heavy atom. The van der Waals surface area contributed by atoms with E-state index >= 15 is 0 Å². The Bertz CT molecular complexity index is 1420. The molecule has 1 aromatic heterocycles. The van der Waals surface area contributed by atoms with Gasteiger partial charge in [-0.05, 0) is 68.5 Å². The number of benzene rings is 2. The van der Waals surface area contributed by atoms with Crippen molar-refractivity contribution in [1.82, 2.24) is 25.3 Å². The molecule has 2 aromatic carbocycles. The first-order valence-electron chi connectivity index (χ1n) is 13.2. The highest BCUT2D eigenvalue weighted by Gasteiger charge is 2.24. The van der Waals surface area contributed by atoms with Crippen molar-refractivity contribution in [3.63, 3.8) is 0 Å². The molecule has 3 aromatic rings. The molecule has 1 aliphatic rings. The highest BCUT2D eigenvalue weighted by Crippen LogP contribution is 2.32. The van der Waals surface area contributed by atoms with Gasteiger partial charge in [-0.15, -0.1) is 0 Å². The van der Waals surface area contributed by atoms with E-state index in [1.54, 1.807) is 4.68 Å². The number of hydrogen-bond donors (Lipinski definition) is 2. The summed E-state index contributed by atoms with van der Waals surface area (Å²) in [7, 11) is 1.89. The second-order valence-corrected chi connectivity index (χ2v) is 9.63. The normalized spacial score (nSPS) is 13.3. The molecule has 0 spiro atoms. The van der Waals surface area contributed by atoms with Crippen LogP contribution < -0.4 is 20.1 Å². The number of aryl methyl sites for hydroxylation is 1. The molecule has 0 aliphatic carbocycles. The van der Waals surface area contributed by atoms with Crippen molar-refractivity contribution in [3.05, 3.63) is 76.8 Å². The SMILES string of the molecule is C/C=C(/C)N(CC(=O)NCc1ccc2cnn(C)c2c1)C(=O)/C(NCCc1ccc2c(c1)OCO2)=C(\C)CC. The summed E-state index contributed by atoms with van der Waals surface area (Å²) in [6.07, 6.45) is 5.07. The standard InChI is InChI=1S/C30H37N5O4/c1-6-20(3)29(31-13-12-22-9-11-26-27(15-22)39-19-38-26)30(37)35(21(4)7-2)18-28(36)32-16-23-8-10-24-17-33-34(5)25(24)14-23/h7-11,14-15,17,31H,6,12-13,16,18-19H2,1-5H3,(H,32,36)/b21-7-,29-20-. The van der Waals surface area contributed by atoms with Crippen molar-refractivity contribution in [2.45, 2.75) is 47.1 Å². The zero-order chi connectivity index (χ0) is 27.9. The number of nitrogens with zero attached hydrogens (tertiary/aromatic N) is 3. The minimum atomic E-state index is -0.233. The Morgan fingerprint density at radius 1 is 1.08 bits per heavy atom. The van der Waals surface area contributed by atoms with E-state index in [9.17, 15) is 9.59 Å². The maximum Gasteiger partial charge on any atom is 0.274 e. The van der Waals surface area contributed by atoms with Crippen LogP contribution in [0.1, 0.15) is 45.2 Å². The number of ether oxygens (including phenoxy) is 2. The van der Waals surface area contributed by atoms with Crippen molar-refractivity contribution < 1.29 is 19.1 Å². The molecule has 9 heteroatoms. The lowest BCUT2D eigenvalue weighted by molar-refractivity contribution is -0.131. The number of nitrogens with one attached hydrogen (secondary N) is 2. The number of amides is 2. The Balaban J connectivity index is 1.40. The van der Waals surface area contributed by atoms with E-state index in [0.29, 0.717) is 37.3 Å². The van der Waals surface area contributed by atoms with E-state index in [4.69, 9.17) is 9.47 Å². The van der Waals surface area contributed by atoms with Gasteiger partial charge < -0.3 is 25.0 Å². The van der Waals surface area contributed by atoms with Gasteiger partial charge in [-0.2, -0.15) is 5.10 Å². The van der Waals surface area contributed by atoms with Crippen LogP contribution in [0.5, 0.6) is 11.5 Å². The Labute approximate surface area is 229 Å². The summed E-state index contributed by atoms with van der Waals surface area (Å²) >= 11 is 0. The average molecular weight is 532 g/mol. The van der Waals surface area contributed by atoms with Crippen LogP contribution in [0.3, 0.4) is 0 Å². The zero-order valence-corrected chi connectivity index (χ0v) is 23.3. The van der Waals surface area contributed by atoms with Crippen LogP contribution in [0.2, 0.25) is 0 Å². The number of carbonyl (C=O) groups excluding carboxylic acids is 2. The molecule has 0 radical (unpaired) electrons. The van der Waals surface area contributed by atoms with E-state index in [0.717, 1.165) is 39.1 Å². The molecule has 2 N–H and O–H groups in total. The Kier molecular flexibility index (Phi) is 8.91. The molecule has 0 fully saturated rings. The third-order valence-corrected chi connectivity index (χ3v) is 7.02. The van der Waals surface area contributed by atoms with E-state index in [1.807, 2.05) is 83.4 Å². The van der Waals surface area contributed by atoms with Crippen molar-refractivity contribution in [1.29, 1.82) is 0 Å². The average Bonchev–Trinajstić information content (AvgIpc) is 3.57. The summed E-state index contributed by atoms with van der Waals surface area (Å²) in [6, 6.07) is 11.8. The lowest BCUT2D eigenvalue weighted by Crippen LogP contribution is -2.42. The van der Waals surface area contributed by atoms with Crippen LogP contribution in [-0.4, -0.2) is 46.4 Å². The van der Waals surface area contributed by atoms with Gasteiger partial charge in [-0.3, -0.25) is 14.3 Å². The smallest absolute Gasteiger partial charge is 0.274 e. The molecule has 39 heavy (non-hydrogen) atoms. The fourth-order valence-electron chi connectivity index (χ4n) is 4.36. The van der Waals surface area contributed by atoms with Gasteiger partial charge >= 0.3 is 0 Å². The first-order chi connectivity index (χ1) is 18.8. The molecule has 0 unspecified atom stereocenters. The van der Waals surface area contributed by atoms with E-state index in [2.05, 4.69) is 15.7 Å². The molecule has 0 atom stereocenters. The predicted octanol–water partition coefficient (Wildman–Crippen LogP) is 4.19. The third-order valence-electron chi connectivity index (χ3n) is 7.02. The number of hydrogen-bond acceptors (Lipinski definition) is 6. The van der Waals surface area contributed by atoms with Crippen LogP contribution >= 0.6 is 0 Å². The Morgan fingerprint density at radius 2 is 1.85 bits per heavy atom. The van der Waals surface area contributed by atoms with Crippen LogP contribution in [0.15, 0.2) is 65.6 Å². The third kappa shape index (κ3) is 6.60. The molecule has 0 saturated heterocycles. The summed E-state index contributed by atoms with van der Waals surface area (Å²) in [5, 5.41) is 11.6. The van der Waals surface area contributed by atoms with Gasteiger partial charge in [0.15, 0.2) is 11.5 Å². The lowest BCUT2D eigenvalue weighted by Gasteiger charge is -2.26. The lowest BCUT2D eigenvalue weighted by atomic mass is 10.1. The molecular weight excluding hydrogens is 494 g/mol. The quantitative estimate of drug-likeness (QED) is 0.360. The minimum absolute atomic E-state index is 0.0761. The zero-order valence-electron chi connectivity index (χ0n) is 23.3. The van der Waals surface area contributed by atoms with Crippen molar-refractivity contribution in [2.24, 2.45) is 7.05 Å². The molecule has 4 rings (SSSR count). The van der Waals surface area contributed by atoms with Gasteiger partial charge in [0.25, 0.3) is 5.91 Å². The topological polar surface area (TPSA) is 97.7 Å². The first kappa shape index (κ1) is 27.8. The number of allylic oxidation sites excluding steroid dienone is 3. The summed E-state index contributed by atoms with van der Waals surface area (Å²) in [4.78, 5) is 28.2. The monoisotopic (exact) mass is 531 g/mol. The van der Waals surface area contributed by atoms with Crippen molar-refractivity contribution in [3.8, 4) is 11.5 Å². The largest absolute Gasteiger partial charge is 0.454 e. The van der Waals surface area contributed by atoms with Gasteiger partial charge in [-0.25, -0.2) is 0 Å².